The lowest BCUT2D eigenvalue weighted by atomic mass is 10.1. The van der Waals surface area contributed by atoms with Gasteiger partial charge in [-0.3, -0.25) is 9.78 Å². The van der Waals surface area contributed by atoms with Crippen LogP contribution in [-0.4, -0.2) is 28.9 Å². The smallest absolute Gasteiger partial charge is 0.226 e. The Hall–Kier alpha value is -1.23. The lowest BCUT2D eigenvalue weighted by molar-refractivity contribution is -0.120. The molecular formula is C12H17N3OS. The number of anilines is 1. The summed E-state index contributed by atoms with van der Waals surface area (Å²) in [7, 11) is 0. The number of amides is 1. The highest BCUT2D eigenvalue weighted by atomic mass is 32.2. The molecule has 0 saturated carbocycles. The van der Waals surface area contributed by atoms with Crippen LogP contribution in [0.4, 0.5) is 5.69 Å². The standard InChI is InChI=1S/C12H17N3OS/c13-10-1-2-11(14-7-10)5-12(16)15-6-9-3-4-17-8-9/h1-2,7,9H,3-6,8,13H2,(H,15,16). The molecule has 1 aromatic rings. The zero-order valence-corrected chi connectivity index (χ0v) is 10.5. The van der Waals surface area contributed by atoms with Crippen molar-refractivity contribution in [3.8, 4) is 0 Å². The Morgan fingerprint density at radius 1 is 1.59 bits per heavy atom. The first-order valence-corrected chi connectivity index (χ1v) is 6.94. The third-order valence-electron chi connectivity index (χ3n) is 2.80. The Bertz CT molecular complexity index is 374. The lowest BCUT2D eigenvalue weighted by Gasteiger charge is -2.09. The van der Waals surface area contributed by atoms with E-state index in [-0.39, 0.29) is 5.91 Å². The van der Waals surface area contributed by atoms with E-state index in [2.05, 4.69) is 10.3 Å². The van der Waals surface area contributed by atoms with Gasteiger partial charge in [-0.2, -0.15) is 11.8 Å². The molecule has 0 radical (unpaired) electrons. The third kappa shape index (κ3) is 3.93. The molecule has 0 bridgehead atoms. The number of aromatic nitrogens is 1. The summed E-state index contributed by atoms with van der Waals surface area (Å²) in [5.41, 5.74) is 6.92. The Morgan fingerprint density at radius 3 is 3.12 bits per heavy atom. The summed E-state index contributed by atoms with van der Waals surface area (Å²) in [6, 6.07) is 3.56. The van der Waals surface area contributed by atoms with Gasteiger partial charge < -0.3 is 11.1 Å². The van der Waals surface area contributed by atoms with Crippen LogP contribution in [0.5, 0.6) is 0 Å². The molecule has 1 aliphatic heterocycles. The number of nitrogens with one attached hydrogen (secondary N) is 1. The van der Waals surface area contributed by atoms with Crippen molar-refractivity contribution in [2.45, 2.75) is 12.8 Å². The van der Waals surface area contributed by atoms with Gasteiger partial charge in [0, 0.05) is 12.2 Å². The molecule has 17 heavy (non-hydrogen) atoms. The van der Waals surface area contributed by atoms with Crippen molar-refractivity contribution in [1.29, 1.82) is 0 Å². The molecule has 3 N–H and O–H groups in total. The normalized spacial score (nSPS) is 19.2. The molecule has 1 fully saturated rings. The molecular weight excluding hydrogens is 234 g/mol. The van der Waals surface area contributed by atoms with Gasteiger partial charge in [-0.15, -0.1) is 0 Å². The van der Waals surface area contributed by atoms with Gasteiger partial charge in [-0.1, -0.05) is 0 Å². The van der Waals surface area contributed by atoms with Crippen LogP contribution in [0.1, 0.15) is 12.1 Å². The van der Waals surface area contributed by atoms with Crippen LogP contribution >= 0.6 is 11.8 Å². The average molecular weight is 251 g/mol. The van der Waals surface area contributed by atoms with Gasteiger partial charge in [0.1, 0.15) is 0 Å². The quantitative estimate of drug-likeness (QED) is 0.840. The van der Waals surface area contributed by atoms with E-state index in [9.17, 15) is 4.79 Å². The number of nitrogens with zero attached hydrogens (tertiary/aromatic N) is 1. The molecule has 1 unspecified atom stereocenters. The van der Waals surface area contributed by atoms with E-state index in [0.29, 0.717) is 18.0 Å². The van der Waals surface area contributed by atoms with Crippen LogP contribution in [0, 0.1) is 5.92 Å². The van der Waals surface area contributed by atoms with Crippen molar-refractivity contribution in [1.82, 2.24) is 10.3 Å². The van der Waals surface area contributed by atoms with E-state index in [1.165, 1.54) is 17.9 Å². The Kier molecular flexibility index (Phi) is 4.25. The van der Waals surface area contributed by atoms with Crippen molar-refractivity contribution < 1.29 is 4.79 Å². The van der Waals surface area contributed by atoms with Crippen molar-refractivity contribution in [3.63, 3.8) is 0 Å². The van der Waals surface area contributed by atoms with Crippen molar-refractivity contribution >= 4 is 23.4 Å². The number of carbonyl (C=O) groups excluding carboxylic acids is 1. The molecule has 1 aromatic heterocycles. The summed E-state index contributed by atoms with van der Waals surface area (Å²) in [5, 5.41) is 2.96. The summed E-state index contributed by atoms with van der Waals surface area (Å²) in [6.45, 7) is 0.792. The maximum Gasteiger partial charge on any atom is 0.226 e. The molecule has 1 aliphatic rings. The number of rotatable bonds is 4. The van der Waals surface area contributed by atoms with Crippen LogP contribution in [0.3, 0.4) is 0 Å². The molecule has 1 saturated heterocycles. The summed E-state index contributed by atoms with van der Waals surface area (Å²) in [4.78, 5) is 15.8. The molecule has 2 rings (SSSR count). The molecule has 2 heterocycles. The predicted molar refractivity (Wildman–Crippen MR) is 70.8 cm³/mol. The zero-order chi connectivity index (χ0) is 12.1. The van der Waals surface area contributed by atoms with E-state index in [0.717, 1.165) is 12.2 Å². The lowest BCUT2D eigenvalue weighted by Crippen LogP contribution is -2.30. The minimum atomic E-state index is 0.0409. The Balaban J connectivity index is 1.74. The summed E-state index contributed by atoms with van der Waals surface area (Å²) in [6.07, 6.45) is 3.13. The highest BCUT2D eigenvalue weighted by Gasteiger charge is 2.16. The minimum absolute atomic E-state index is 0.0409. The topological polar surface area (TPSA) is 68.0 Å². The number of carbonyl (C=O) groups is 1. The Morgan fingerprint density at radius 2 is 2.47 bits per heavy atom. The number of hydrogen-bond donors (Lipinski definition) is 2. The maximum atomic E-state index is 11.7. The molecule has 1 amide bonds. The number of thioether (sulfide) groups is 1. The first-order valence-electron chi connectivity index (χ1n) is 5.79. The number of nitrogens with two attached hydrogens (primary N) is 1. The van der Waals surface area contributed by atoms with Crippen LogP contribution in [0.15, 0.2) is 18.3 Å². The van der Waals surface area contributed by atoms with Gasteiger partial charge >= 0.3 is 0 Å². The van der Waals surface area contributed by atoms with E-state index in [4.69, 9.17) is 5.73 Å². The van der Waals surface area contributed by atoms with Crippen LogP contribution in [0.2, 0.25) is 0 Å². The molecule has 4 nitrogen and oxygen atoms in total. The van der Waals surface area contributed by atoms with Gasteiger partial charge in [-0.25, -0.2) is 0 Å². The molecule has 0 aliphatic carbocycles. The van der Waals surface area contributed by atoms with Gasteiger partial charge in [0.2, 0.25) is 5.91 Å². The van der Waals surface area contributed by atoms with E-state index < -0.39 is 0 Å². The van der Waals surface area contributed by atoms with Crippen molar-refractivity contribution in [3.05, 3.63) is 24.0 Å². The van der Waals surface area contributed by atoms with Crippen LogP contribution in [-0.2, 0) is 11.2 Å². The first-order chi connectivity index (χ1) is 8.24. The Labute approximate surface area is 105 Å². The van der Waals surface area contributed by atoms with Crippen molar-refractivity contribution in [2.24, 2.45) is 5.92 Å². The summed E-state index contributed by atoms with van der Waals surface area (Å²) in [5.74, 6) is 3.07. The number of hydrogen-bond acceptors (Lipinski definition) is 4. The van der Waals surface area contributed by atoms with Gasteiger partial charge in [0.15, 0.2) is 0 Å². The third-order valence-corrected chi connectivity index (χ3v) is 4.03. The van der Waals surface area contributed by atoms with E-state index >= 15 is 0 Å². The predicted octanol–water partition coefficient (Wildman–Crippen LogP) is 1.08. The molecule has 92 valence electrons. The van der Waals surface area contributed by atoms with Crippen molar-refractivity contribution in [2.75, 3.05) is 23.8 Å². The fourth-order valence-electron chi connectivity index (χ4n) is 1.77. The fraction of sp³-hybridized carbons (Fsp3) is 0.500. The largest absolute Gasteiger partial charge is 0.397 e. The van der Waals surface area contributed by atoms with E-state index in [1.807, 2.05) is 11.8 Å². The summed E-state index contributed by atoms with van der Waals surface area (Å²) >= 11 is 1.96. The second-order valence-corrected chi connectivity index (χ2v) is 5.44. The molecule has 0 spiro atoms. The molecule has 0 aromatic carbocycles. The van der Waals surface area contributed by atoms with Crippen LogP contribution in [0.25, 0.3) is 0 Å². The highest BCUT2D eigenvalue weighted by molar-refractivity contribution is 7.99. The maximum absolute atomic E-state index is 11.7. The second kappa shape index (κ2) is 5.91. The first kappa shape index (κ1) is 12.2. The average Bonchev–Trinajstić information content (AvgIpc) is 2.83. The molecule has 1 atom stereocenters. The zero-order valence-electron chi connectivity index (χ0n) is 9.69. The van der Waals surface area contributed by atoms with Gasteiger partial charge in [0.05, 0.1) is 18.3 Å². The van der Waals surface area contributed by atoms with Gasteiger partial charge in [-0.05, 0) is 36.0 Å². The monoisotopic (exact) mass is 251 g/mol. The van der Waals surface area contributed by atoms with E-state index in [1.54, 1.807) is 18.3 Å². The fourth-order valence-corrected chi connectivity index (χ4v) is 3.05. The van der Waals surface area contributed by atoms with Gasteiger partial charge in [0.25, 0.3) is 0 Å². The SMILES string of the molecule is Nc1ccc(CC(=O)NCC2CCSC2)nc1. The summed E-state index contributed by atoms with van der Waals surface area (Å²) < 4.78 is 0. The highest BCUT2D eigenvalue weighted by Crippen LogP contribution is 2.22. The minimum Gasteiger partial charge on any atom is -0.397 e. The van der Waals surface area contributed by atoms with Crippen LogP contribution < -0.4 is 11.1 Å². The number of nitrogen functional groups attached to an aromatic ring is 1. The number of pyridine rings is 1. The second-order valence-electron chi connectivity index (χ2n) is 4.29. The molecule has 5 heteroatoms.